The zero-order valence-electron chi connectivity index (χ0n) is 19.0. The second-order valence-corrected chi connectivity index (χ2v) is 8.68. The number of benzene rings is 3. The van der Waals surface area contributed by atoms with Crippen LogP contribution in [0.4, 0.5) is 4.79 Å². The van der Waals surface area contributed by atoms with Gasteiger partial charge < -0.3 is 14.2 Å². The van der Waals surface area contributed by atoms with Crippen LogP contribution in [-0.2, 0) is 11.4 Å². The molecule has 3 aromatic rings. The van der Waals surface area contributed by atoms with Crippen molar-refractivity contribution in [3.8, 4) is 17.2 Å². The van der Waals surface area contributed by atoms with Gasteiger partial charge in [-0.25, -0.2) is 0 Å². The summed E-state index contributed by atoms with van der Waals surface area (Å²) in [5, 5.41) is -0.307. The lowest BCUT2D eigenvalue weighted by molar-refractivity contribution is -0.123. The summed E-state index contributed by atoms with van der Waals surface area (Å²) in [6.45, 7) is 2.78. The Morgan fingerprint density at radius 1 is 0.912 bits per heavy atom. The van der Waals surface area contributed by atoms with Gasteiger partial charge in [0.05, 0.1) is 18.6 Å². The molecule has 1 fully saturated rings. The third-order valence-electron chi connectivity index (χ3n) is 5.17. The Bertz CT molecular complexity index is 1210. The summed E-state index contributed by atoms with van der Waals surface area (Å²) in [6, 6.07) is 22.9. The first-order chi connectivity index (χ1) is 16.5. The van der Waals surface area contributed by atoms with E-state index in [1.54, 1.807) is 25.3 Å². The topological polar surface area (TPSA) is 65.1 Å². The smallest absolute Gasteiger partial charge is 0.293 e. The van der Waals surface area contributed by atoms with Crippen molar-refractivity contribution in [2.45, 2.75) is 13.5 Å². The number of hydrogen-bond acceptors (Lipinski definition) is 6. The molecule has 0 saturated carbocycles. The maximum atomic E-state index is 12.8. The highest BCUT2D eigenvalue weighted by molar-refractivity contribution is 8.18. The molecule has 1 aliphatic heterocycles. The molecule has 1 heterocycles. The average Bonchev–Trinajstić information content (AvgIpc) is 3.11. The number of imide groups is 1. The molecule has 7 heteroatoms. The molecule has 3 aromatic carbocycles. The molecule has 0 N–H and O–H groups in total. The van der Waals surface area contributed by atoms with Gasteiger partial charge >= 0.3 is 0 Å². The number of rotatable bonds is 9. The van der Waals surface area contributed by atoms with Crippen LogP contribution in [0.5, 0.6) is 17.2 Å². The maximum absolute atomic E-state index is 12.8. The summed E-state index contributed by atoms with van der Waals surface area (Å²) < 4.78 is 17.1. The third kappa shape index (κ3) is 5.80. The SMILES string of the molecule is COc1ccc(/C=C2\SC(=O)N(CCOc3cccc(C)c3)C2=O)cc1OCc1ccccc1. The van der Waals surface area contributed by atoms with Gasteiger partial charge in [-0.15, -0.1) is 0 Å². The van der Waals surface area contributed by atoms with Crippen molar-refractivity contribution in [2.24, 2.45) is 0 Å². The molecule has 34 heavy (non-hydrogen) atoms. The van der Waals surface area contributed by atoms with E-state index in [0.29, 0.717) is 28.8 Å². The molecular weight excluding hydrogens is 450 g/mol. The number of nitrogens with zero attached hydrogens (tertiary/aromatic N) is 1. The average molecular weight is 476 g/mol. The fourth-order valence-electron chi connectivity index (χ4n) is 3.44. The molecule has 1 aliphatic rings. The van der Waals surface area contributed by atoms with Crippen LogP contribution in [0.2, 0.25) is 0 Å². The van der Waals surface area contributed by atoms with Crippen LogP contribution in [-0.4, -0.2) is 36.3 Å². The standard InChI is InChI=1S/C27H25NO5S/c1-19-7-6-10-22(15-19)32-14-13-28-26(29)25(34-27(28)30)17-21-11-12-23(31-2)24(16-21)33-18-20-8-4-3-5-9-20/h3-12,15-17H,13-14,18H2,1-2H3/b25-17-. The lowest BCUT2D eigenvalue weighted by atomic mass is 10.1. The summed E-state index contributed by atoms with van der Waals surface area (Å²) in [5.41, 5.74) is 2.85. The first kappa shape index (κ1) is 23.4. The zero-order chi connectivity index (χ0) is 23.9. The molecule has 0 radical (unpaired) electrons. The first-order valence-corrected chi connectivity index (χ1v) is 11.6. The molecule has 2 amide bonds. The van der Waals surface area contributed by atoms with E-state index in [0.717, 1.165) is 28.5 Å². The fourth-order valence-corrected chi connectivity index (χ4v) is 4.30. The minimum atomic E-state index is -0.328. The Hall–Kier alpha value is -3.71. The number of aryl methyl sites for hydroxylation is 1. The number of carbonyl (C=O) groups excluding carboxylic acids is 2. The maximum Gasteiger partial charge on any atom is 0.293 e. The molecule has 1 saturated heterocycles. The molecule has 0 atom stereocenters. The summed E-state index contributed by atoms with van der Waals surface area (Å²) in [6.07, 6.45) is 1.70. The highest BCUT2D eigenvalue weighted by Gasteiger charge is 2.34. The Morgan fingerprint density at radius 3 is 2.50 bits per heavy atom. The number of ether oxygens (including phenoxy) is 3. The molecule has 4 rings (SSSR count). The summed E-state index contributed by atoms with van der Waals surface area (Å²) in [4.78, 5) is 26.8. The quantitative estimate of drug-likeness (QED) is 0.370. The van der Waals surface area contributed by atoms with Crippen LogP contribution in [0.3, 0.4) is 0 Å². The van der Waals surface area contributed by atoms with E-state index in [1.807, 2.05) is 67.6 Å². The van der Waals surface area contributed by atoms with Crippen LogP contribution in [0.1, 0.15) is 16.7 Å². The van der Waals surface area contributed by atoms with Gasteiger partial charge in [0.1, 0.15) is 19.0 Å². The van der Waals surface area contributed by atoms with Crippen LogP contribution in [0.15, 0.2) is 77.7 Å². The van der Waals surface area contributed by atoms with E-state index in [2.05, 4.69) is 0 Å². The number of methoxy groups -OCH3 is 1. The lowest BCUT2D eigenvalue weighted by Crippen LogP contribution is -2.32. The van der Waals surface area contributed by atoms with Gasteiger partial charge in [-0.05, 0) is 65.7 Å². The molecule has 174 valence electrons. The second kappa shape index (κ2) is 10.9. The summed E-state index contributed by atoms with van der Waals surface area (Å²) >= 11 is 0.922. The highest BCUT2D eigenvalue weighted by Crippen LogP contribution is 2.34. The van der Waals surface area contributed by atoms with Crippen LogP contribution in [0.25, 0.3) is 6.08 Å². The van der Waals surface area contributed by atoms with E-state index in [4.69, 9.17) is 14.2 Å². The Morgan fingerprint density at radius 2 is 1.74 bits per heavy atom. The predicted octanol–water partition coefficient (Wildman–Crippen LogP) is 5.70. The minimum Gasteiger partial charge on any atom is -0.493 e. The lowest BCUT2D eigenvalue weighted by Gasteiger charge is -2.13. The van der Waals surface area contributed by atoms with Crippen LogP contribution < -0.4 is 14.2 Å². The number of amides is 2. The first-order valence-electron chi connectivity index (χ1n) is 10.8. The highest BCUT2D eigenvalue weighted by atomic mass is 32.2. The van der Waals surface area contributed by atoms with Gasteiger partial charge in [-0.1, -0.05) is 48.5 Å². The third-order valence-corrected chi connectivity index (χ3v) is 6.08. The van der Waals surface area contributed by atoms with Crippen LogP contribution >= 0.6 is 11.8 Å². The minimum absolute atomic E-state index is 0.185. The molecule has 0 unspecified atom stereocenters. The Labute approximate surface area is 203 Å². The number of carbonyl (C=O) groups is 2. The van der Waals surface area contributed by atoms with E-state index in [-0.39, 0.29) is 24.3 Å². The Balaban J connectivity index is 1.42. The van der Waals surface area contributed by atoms with E-state index in [9.17, 15) is 9.59 Å². The molecule has 0 spiro atoms. The molecule has 6 nitrogen and oxygen atoms in total. The fraction of sp³-hybridized carbons (Fsp3) is 0.185. The van der Waals surface area contributed by atoms with E-state index >= 15 is 0 Å². The van der Waals surface area contributed by atoms with E-state index in [1.165, 1.54) is 4.90 Å². The Kier molecular flexibility index (Phi) is 7.54. The van der Waals surface area contributed by atoms with Gasteiger partial charge in [0, 0.05) is 0 Å². The largest absolute Gasteiger partial charge is 0.493 e. The molecular formula is C27H25NO5S. The van der Waals surface area contributed by atoms with Gasteiger partial charge in [0.25, 0.3) is 11.1 Å². The molecule has 0 aliphatic carbocycles. The summed E-state index contributed by atoms with van der Waals surface area (Å²) in [5.74, 6) is 1.54. The number of hydrogen-bond donors (Lipinski definition) is 0. The molecule has 0 bridgehead atoms. The zero-order valence-corrected chi connectivity index (χ0v) is 19.8. The normalized spacial score (nSPS) is 14.5. The van der Waals surface area contributed by atoms with Crippen molar-refractivity contribution in [3.63, 3.8) is 0 Å². The van der Waals surface area contributed by atoms with Gasteiger partial charge in [0.2, 0.25) is 0 Å². The number of thioether (sulfide) groups is 1. The second-order valence-electron chi connectivity index (χ2n) is 7.68. The van der Waals surface area contributed by atoms with E-state index < -0.39 is 0 Å². The van der Waals surface area contributed by atoms with Gasteiger partial charge in [-0.2, -0.15) is 0 Å². The van der Waals surface area contributed by atoms with Crippen molar-refractivity contribution in [2.75, 3.05) is 20.3 Å². The van der Waals surface area contributed by atoms with Crippen molar-refractivity contribution in [1.29, 1.82) is 0 Å². The van der Waals surface area contributed by atoms with Crippen LogP contribution in [0, 0.1) is 6.92 Å². The van der Waals surface area contributed by atoms with Crippen molar-refractivity contribution in [3.05, 3.63) is 94.4 Å². The predicted molar refractivity (Wildman–Crippen MR) is 133 cm³/mol. The van der Waals surface area contributed by atoms with Crippen molar-refractivity contribution in [1.82, 2.24) is 4.90 Å². The monoisotopic (exact) mass is 475 g/mol. The van der Waals surface area contributed by atoms with Gasteiger partial charge in [0.15, 0.2) is 11.5 Å². The van der Waals surface area contributed by atoms with Crippen molar-refractivity contribution < 1.29 is 23.8 Å². The summed E-state index contributed by atoms with van der Waals surface area (Å²) in [7, 11) is 1.58. The van der Waals surface area contributed by atoms with Crippen molar-refractivity contribution >= 4 is 29.0 Å². The molecule has 0 aromatic heterocycles. The van der Waals surface area contributed by atoms with Gasteiger partial charge in [-0.3, -0.25) is 14.5 Å².